The Balaban J connectivity index is 1.98. The fourth-order valence-corrected chi connectivity index (χ4v) is 2.81. The van der Waals surface area contributed by atoms with Crippen molar-refractivity contribution in [3.63, 3.8) is 0 Å². The summed E-state index contributed by atoms with van der Waals surface area (Å²) in [7, 11) is 0. The molecule has 1 saturated heterocycles. The van der Waals surface area contributed by atoms with Crippen LogP contribution in [0.1, 0.15) is 25.3 Å². The minimum atomic E-state index is -0.260. The lowest BCUT2D eigenvalue weighted by molar-refractivity contribution is 0.151. The number of halogens is 2. The van der Waals surface area contributed by atoms with E-state index in [1.807, 2.05) is 13.0 Å². The highest BCUT2D eigenvalue weighted by Crippen LogP contribution is 2.31. The summed E-state index contributed by atoms with van der Waals surface area (Å²) in [6.45, 7) is 4.20. The molecule has 0 unspecified atom stereocenters. The van der Waals surface area contributed by atoms with E-state index < -0.39 is 0 Å². The first kappa shape index (κ1) is 15.3. The molecule has 1 fully saturated rings. The summed E-state index contributed by atoms with van der Waals surface area (Å²) in [5.74, 6) is 0.0936. The molecule has 1 heterocycles. The van der Waals surface area contributed by atoms with E-state index in [1.165, 1.54) is 6.07 Å². The molecule has 1 aliphatic heterocycles. The first-order chi connectivity index (χ1) is 9.44. The first-order valence-electron chi connectivity index (χ1n) is 6.59. The van der Waals surface area contributed by atoms with Crippen molar-refractivity contribution in [2.24, 2.45) is 16.3 Å². The van der Waals surface area contributed by atoms with Gasteiger partial charge in [-0.15, -0.1) is 0 Å². The van der Waals surface area contributed by atoms with E-state index in [0.717, 1.165) is 30.4 Å². The number of nitrogens with zero attached hydrogens (tertiary/aromatic N) is 2. The van der Waals surface area contributed by atoms with Crippen molar-refractivity contribution in [3.8, 4) is 0 Å². The topological polar surface area (TPSA) is 61.9 Å². The lowest BCUT2D eigenvalue weighted by Crippen LogP contribution is -2.45. The summed E-state index contributed by atoms with van der Waals surface area (Å²) >= 11 is 3.26. The van der Waals surface area contributed by atoms with Crippen LogP contribution >= 0.6 is 15.9 Å². The number of likely N-dealkylation sites (tertiary alicyclic amines) is 1. The third-order valence-electron chi connectivity index (χ3n) is 4.09. The van der Waals surface area contributed by atoms with Gasteiger partial charge in [0.1, 0.15) is 11.7 Å². The molecular formula is C14H19BrFN3O. The molecule has 0 atom stereocenters. The third kappa shape index (κ3) is 3.30. The molecule has 0 aromatic heterocycles. The van der Waals surface area contributed by atoms with Gasteiger partial charge in [0.15, 0.2) is 0 Å². The van der Waals surface area contributed by atoms with Crippen LogP contribution in [0.2, 0.25) is 0 Å². The highest BCUT2D eigenvalue weighted by molar-refractivity contribution is 9.10. The highest BCUT2D eigenvalue weighted by Gasteiger charge is 2.34. The Morgan fingerprint density at radius 3 is 2.70 bits per heavy atom. The van der Waals surface area contributed by atoms with Crippen LogP contribution in [-0.4, -0.2) is 29.0 Å². The van der Waals surface area contributed by atoms with E-state index in [2.05, 4.69) is 26.0 Å². The van der Waals surface area contributed by atoms with Crippen molar-refractivity contribution >= 4 is 21.8 Å². The molecule has 110 valence electrons. The second kappa shape index (κ2) is 6.10. The summed E-state index contributed by atoms with van der Waals surface area (Å²) in [4.78, 5) is 2.19. The van der Waals surface area contributed by atoms with Crippen LogP contribution < -0.4 is 5.73 Å². The van der Waals surface area contributed by atoms with Gasteiger partial charge in [-0.05, 0) is 38.1 Å². The van der Waals surface area contributed by atoms with E-state index >= 15 is 0 Å². The Kier molecular flexibility index (Phi) is 4.65. The predicted molar refractivity (Wildman–Crippen MR) is 80.1 cm³/mol. The van der Waals surface area contributed by atoms with Crippen LogP contribution in [0.3, 0.4) is 0 Å². The summed E-state index contributed by atoms with van der Waals surface area (Å²) < 4.78 is 14.6. The normalized spacial score (nSPS) is 20.1. The molecule has 4 nitrogen and oxygen atoms in total. The molecule has 20 heavy (non-hydrogen) atoms. The van der Waals surface area contributed by atoms with Crippen LogP contribution in [0.25, 0.3) is 0 Å². The standard InChI is InChI=1S/C14H19BrFN3O/c1-14(13(17)18-20)4-6-19(7-5-14)9-10-2-3-11(15)8-12(10)16/h2-3,8,20H,4-7,9H2,1H3,(H2,17,18). The van der Waals surface area contributed by atoms with E-state index in [1.54, 1.807) is 6.07 Å². The molecule has 1 aromatic rings. The Morgan fingerprint density at radius 2 is 2.15 bits per heavy atom. The van der Waals surface area contributed by atoms with E-state index in [9.17, 15) is 4.39 Å². The second-order valence-corrected chi connectivity index (χ2v) is 6.47. The van der Waals surface area contributed by atoms with E-state index in [4.69, 9.17) is 10.9 Å². The predicted octanol–water partition coefficient (Wildman–Crippen LogP) is 2.94. The molecule has 0 amide bonds. The molecule has 6 heteroatoms. The molecular weight excluding hydrogens is 325 g/mol. The molecule has 0 aliphatic carbocycles. The molecule has 1 aromatic carbocycles. The maximum Gasteiger partial charge on any atom is 0.145 e. The quantitative estimate of drug-likeness (QED) is 0.384. The number of hydrogen-bond donors (Lipinski definition) is 2. The van der Waals surface area contributed by atoms with Crippen molar-refractivity contribution < 1.29 is 9.60 Å². The van der Waals surface area contributed by atoms with Gasteiger partial charge in [0.05, 0.1) is 0 Å². The van der Waals surface area contributed by atoms with Crippen LogP contribution in [0.15, 0.2) is 27.8 Å². The average molecular weight is 344 g/mol. The lowest BCUT2D eigenvalue weighted by Gasteiger charge is -2.38. The Hall–Kier alpha value is -1.14. The van der Waals surface area contributed by atoms with Crippen molar-refractivity contribution in [3.05, 3.63) is 34.1 Å². The van der Waals surface area contributed by atoms with Gasteiger partial charge in [-0.25, -0.2) is 4.39 Å². The number of benzene rings is 1. The van der Waals surface area contributed by atoms with Crippen LogP contribution in [0.5, 0.6) is 0 Å². The van der Waals surface area contributed by atoms with Gasteiger partial charge in [-0.3, -0.25) is 4.90 Å². The minimum Gasteiger partial charge on any atom is -0.409 e. The van der Waals surface area contributed by atoms with Crippen LogP contribution in [-0.2, 0) is 6.54 Å². The highest BCUT2D eigenvalue weighted by atomic mass is 79.9. The van der Waals surface area contributed by atoms with Gasteiger partial charge in [-0.2, -0.15) is 0 Å². The molecule has 0 spiro atoms. The maximum atomic E-state index is 13.8. The number of oxime groups is 1. The van der Waals surface area contributed by atoms with Gasteiger partial charge < -0.3 is 10.9 Å². The van der Waals surface area contributed by atoms with E-state index in [0.29, 0.717) is 12.1 Å². The molecule has 2 rings (SSSR count). The molecule has 0 saturated carbocycles. The number of nitrogens with two attached hydrogens (primary N) is 1. The van der Waals surface area contributed by atoms with Gasteiger partial charge >= 0.3 is 0 Å². The molecule has 0 bridgehead atoms. The SMILES string of the molecule is CC1(/C(N)=N/O)CCN(Cc2ccc(Br)cc2F)CC1. The average Bonchev–Trinajstić information content (AvgIpc) is 2.43. The van der Waals surface area contributed by atoms with Crippen LogP contribution in [0, 0.1) is 11.2 Å². The summed E-state index contributed by atoms with van der Waals surface area (Å²) in [6, 6.07) is 5.14. The van der Waals surface area contributed by atoms with Gasteiger partial charge in [0, 0.05) is 22.0 Å². The number of rotatable bonds is 3. The number of hydrogen-bond acceptors (Lipinski definition) is 3. The molecule has 0 radical (unpaired) electrons. The molecule has 3 N–H and O–H groups in total. The second-order valence-electron chi connectivity index (χ2n) is 5.56. The zero-order chi connectivity index (χ0) is 14.8. The smallest absolute Gasteiger partial charge is 0.145 e. The zero-order valence-corrected chi connectivity index (χ0v) is 13.0. The van der Waals surface area contributed by atoms with Crippen molar-refractivity contribution in [2.45, 2.75) is 26.3 Å². The fourth-order valence-electron chi connectivity index (χ4n) is 2.47. The monoisotopic (exact) mass is 343 g/mol. The Labute approximate surface area is 126 Å². The zero-order valence-electron chi connectivity index (χ0n) is 11.4. The van der Waals surface area contributed by atoms with E-state index in [-0.39, 0.29) is 17.1 Å². The summed E-state index contributed by atoms with van der Waals surface area (Å²) in [5.41, 5.74) is 6.17. The van der Waals surface area contributed by atoms with Crippen molar-refractivity contribution in [1.82, 2.24) is 4.90 Å². The maximum absolute atomic E-state index is 13.8. The minimum absolute atomic E-state index is 0.191. The van der Waals surface area contributed by atoms with Gasteiger partial charge in [0.2, 0.25) is 0 Å². The summed E-state index contributed by atoms with van der Waals surface area (Å²) in [5, 5.41) is 11.9. The Bertz CT molecular complexity index is 513. The van der Waals surface area contributed by atoms with Crippen LogP contribution in [0.4, 0.5) is 4.39 Å². The van der Waals surface area contributed by atoms with Gasteiger partial charge in [0.25, 0.3) is 0 Å². The summed E-state index contributed by atoms with van der Waals surface area (Å²) in [6.07, 6.45) is 1.61. The van der Waals surface area contributed by atoms with Crippen molar-refractivity contribution in [2.75, 3.05) is 13.1 Å². The third-order valence-corrected chi connectivity index (χ3v) is 4.59. The largest absolute Gasteiger partial charge is 0.409 e. The number of piperidine rings is 1. The van der Waals surface area contributed by atoms with Gasteiger partial charge in [-0.1, -0.05) is 34.1 Å². The number of amidine groups is 1. The Morgan fingerprint density at radius 1 is 1.50 bits per heavy atom. The fraction of sp³-hybridized carbons (Fsp3) is 0.500. The molecule has 1 aliphatic rings. The first-order valence-corrected chi connectivity index (χ1v) is 7.38. The van der Waals surface area contributed by atoms with Crippen molar-refractivity contribution in [1.29, 1.82) is 0 Å². The lowest BCUT2D eigenvalue weighted by atomic mass is 9.79.